The molecule has 142 valence electrons. The van der Waals surface area contributed by atoms with Crippen LogP contribution in [0.5, 0.6) is 0 Å². The molecule has 1 aliphatic rings. The quantitative estimate of drug-likeness (QED) is 0.392. The molecule has 0 spiro atoms. The zero-order valence-electron chi connectivity index (χ0n) is 16.1. The van der Waals surface area contributed by atoms with Gasteiger partial charge in [0.25, 0.3) is 0 Å². The average Bonchev–Trinajstić information content (AvgIpc) is 3.22. The molecular formula is C27H23NO. The van der Waals surface area contributed by atoms with Crippen LogP contribution in [0.3, 0.4) is 0 Å². The summed E-state index contributed by atoms with van der Waals surface area (Å²) in [4.78, 5) is 2.42. The Hall–Kier alpha value is -3.36. The predicted molar refractivity (Wildman–Crippen MR) is 118 cm³/mol. The van der Waals surface area contributed by atoms with Crippen LogP contribution in [0.15, 0.2) is 121 Å². The van der Waals surface area contributed by atoms with E-state index in [4.69, 9.17) is 4.74 Å². The first kappa shape index (κ1) is 17.7. The molecule has 4 aromatic carbocycles. The summed E-state index contributed by atoms with van der Waals surface area (Å²) in [6.45, 7) is 0. The number of hydrogen-bond acceptors (Lipinski definition) is 2. The SMILES string of the molecule is c1ccc([C@@H]2[C@H](c3ccccc3)O[C@@H](c3ccccc3)N2c2ccccc2)cc1. The van der Waals surface area contributed by atoms with E-state index in [0.717, 1.165) is 11.3 Å². The first-order chi connectivity index (χ1) is 14.4. The molecule has 0 radical (unpaired) electrons. The van der Waals surface area contributed by atoms with E-state index in [-0.39, 0.29) is 18.4 Å². The molecule has 0 bridgehead atoms. The molecule has 0 unspecified atom stereocenters. The molecule has 3 atom stereocenters. The van der Waals surface area contributed by atoms with Gasteiger partial charge in [0.15, 0.2) is 6.23 Å². The molecule has 1 heterocycles. The minimum atomic E-state index is -0.158. The van der Waals surface area contributed by atoms with E-state index < -0.39 is 0 Å². The van der Waals surface area contributed by atoms with Crippen LogP contribution in [0, 0.1) is 0 Å². The fraction of sp³-hybridized carbons (Fsp3) is 0.111. The van der Waals surface area contributed by atoms with Crippen LogP contribution in [0.25, 0.3) is 0 Å². The Balaban J connectivity index is 1.69. The Labute approximate surface area is 172 Å². The molecule has 1 aliphatic heterocycles. The lowest BCUT2D eigenvalue weighted by molar-refractivity contribution is 0.0404. The van der Waals surface area contributed by atoms with Crippen molar-refractivity contribution in [3.8, 4) is 0 Å². The van der Waals surface area contributed by atoms with Crippen LogP contribution >= 0.6 is 0 Å². The number of anilines is 1. The van der Waals surface area contributed by atoms with Crippen LogP contribution in [0.1, 0.15) is 35.1 Å². The van der Waals surface area contributed by atoms with E-state index in [1.165, 1.54) is 11.1 Å². The summed E-state index contributed by atoms with van der Waals surface area (Å²) in [5.41, 5.74) is 4.77. The summed E-state index contributed by atoms with van der Waals surface area (Å²) in [7, 11) is 0. The molecular weight excluding hydrogens is 354 g/mol. The van der Waals surface area contributed by atoms with Crippen molar-refractivity contribution in [2.24, 2.45) is 0 Å². The van der Waals surface area contributed by atoms with Crippen molar-refractivity contribution in [2.45, 2.75) is 18.4 Å². The zero-order chi connectivity index (χ0) is 19.5. The van der Waals surface area contributed by atoms with Crippen LogP contribution in [0.2, 0.25) is 0 Å². The van der Waals surface area contributed by atoms with Gasteiger partial charge in [-0.05, 0) is 23.3 Å². The smallest absolute Gasteiger partial charge is 0.158 e. The van der Waals surface area contributed by atoms with Crippen molar-refractivity contribution in [1.29, 1.82) is 0 Å². The third-order valence-corrected chi connectivity index (χ3v) is 5.52. The van der Waals surface area contributed by atoms with E-state index >= 15 is 0 Å². The first-order valence-corrected chi connectivity index (χ1v) is 10.1. The molecule has 0 aliphatic carbocycles. The van der Waals surface area contributed by atoms with Crippen LogP contribution < -0.4 is 4.90 Å². The highest BCUT2D eigenvalue weighted by atomic mass is 16.5. The number of benzene rings is 4. The predicted octanol–water partition coefficient (Wildman–Crippen LogP) is 6.70. The monoisotopic (exact) mass is 377 g/mol. The van der Waals surface area contributed by atoms with Crippen molar-refractivity contribution in [2.75, 3.05) is 4.90 Å². The molecule has 29 heavy (non-hydrogen) atoms. The standard InChI is InChI=1S/C27H23NO/c1-5-13-21(14-6-1)25-26(22-15-7-2-8-16-22)29-27(23-17-9-3-10-18-23)28(25)24-19-11-4-12-20-24/h1-20,25-27H/t25-,26+,27+/m1/s1. The van der Waals surface area contributed by atoms with E-state index in [9.17, 15) is 0 Å². The second-order valence-corrected chi connectivity index (χ2v) is 7.33. The maximum atomic E-state index is 6.79. The highest BCUT2D eigenvalue weighted by molar-refractivity contribution is 5.53. The molecule has 4 aromatic rings. The van der Waals surface area contributed by atoms with E-state index in [1.807, 2.05) is 0 Å². The lowest BCUT2D eigenvalue weighted by Gasteiger charge is -2.31. The minimum absolute atomic E-state index is 0.0657. The molecule has 2 heteroatoms. The molecule has 0 aromatic heterocycles. The first-order valence-electron chi connectivity index (χ1n) is 10.1. The Morgan fingerprint density at radius 1 is 0.483 bits per heavy atom. The van der Waals surface area contributed by atoms with Gasteiger partial charge in [-0.2, -0.15) is 0 Å². The highest BCUT2D eigenvalue weighted by Gasteiger charge is 2.44. The van der Waals surface area contributed by atoms with Gasteiger partial charge >= 0.3 is 0 Å². The fourth-order valence-electron chi connectivity index (χ4n) is 4.21. The number of nitrogens with zero attached hydrogens (tertiary/aromatic N) is 1. The third-order valence-electron chi connectivity index (χ3n) is 5.52. The van der Waals surface area contributed by atoms with Crippen molar-refractivity contribution in [1.82, 2.24) is 0 Å². The van der Waals surface area contributed by atoms with E-state index in [2.05, 4.69) is 126 Å². The summed E-state index contributed by atoms with van der Waals surface area (Å²) >= 11 is 0. The van der Waals surface area contributed by atoms with Gasteiger partial charge in [0.1, 0.15) is 6.10 Å². The largest absolute Gasteiger partial charge is 0.344 e. The maximum Gasteiger partial charge on any atom is 0.158 e. The van der Waals surface area contributed by atoms with Gasteiger partial charge in [0, 0.05) is 11.3 Å². The Morgan fingerprint density at radius 3 is 1.48 bits per heavy atom. The molecule has 2 nitrogen and oxygen atoms in total. The topological polar surface area (TPSA) is 12.5 Å². The minimum Gasteiger partial charge on any atom is -0.344 e. The Bertz CT molecular complexity index is 948. The average molecular weight is 377 g/mol. The lowest BCUT2D eigenvalue weighted by atomic mass is 9.95. The van der Waals surface area contributed by atoms with Gasteiger partial charge < -0.3 is 9.64 Å². The summed E-state index contributed by atoms with van der Waals surface area (Å²) in [6, 6.07) is 42.4. The number of ether oxygens (including phenoxy) is 1. The molecule has 0 saturated carbocycles. The normalized spacial score (nSPS) is 21.2. The van der Waals surface area contributed by atoms with Crippen LogP contribution in [-0.4, -0.2) is 0 Å². The molecule has 1 saturated heterocycles. The van der Waals surface area contributed by atoms with Crippen molar-refractivity contribution < 1.29 is 4.74 Å². The number of rotatable bonds is 4. The summed E-state index contributed by atoms with van der Waals surface area (Å²) in [5.74, 6) is 0. The van der Waals surface area contributed by atoms with Crippen LogP contribution in [-0.2, 0) is 4.74 Å². The van der Waals surface area contributed by atoms with E-state index in [1.54, 1.807) is 0 Å². The van der Waals surface area contributed by atoms with Gasteiger partial charge in [-0.25, -0.2) is 0 Å². The highest BCUT2D eigenvalue weighted by Crippen LogP contribution is 2.52. The van der Waals surface area contributed by atoms with Gasteiger partial charge in [-0.1, -0.05) is 109 Å². The summed E-state index contributed by atoms with van der Waals surface area (Å²) in [5, 5.41) is 0. The molecule has 0 amide bonds. The van der Waals surface area contributed by atoms with Crippen molar-refractivity contribution in [3.05, 3.63) is 138 Å². The zero-order valence-corrected chi connectivity index (χ0v) is 16.1. The molecule has 1 fully saturated rings. The maximum absolute atomic E-state index is 6.79. The lowest BCUT2D eigenvalue weighted by Crippen LogP contribution is -2.27. The van der Waals surface area contributed by atoms with Gasteiger partial charge in [0.05, 0.1) is 6.04 Å². The van der Waals surface area contributed by atoms with Gasteiger partial charge in [-0.15, -0.1) is 0 Å². The number of para-hydroxylation sites is 1. The van der Waals surface area contributed by atoms with Crippen LogP contribution in [0.4, 0.5) is 5.69 Å². The van der Waals surface area contributed by atoms with Crippen molar-refractivity contribution >= 4 is 5.69 Å². The fourth-order valence-corrected chi connectivity index (χ4v) is 4.21. The third kappa shape index (κ3) is 3.43. The van der Waals surface area contributed by atoms with Gasteiger partial charge in [-0.3, -0.25) is 0 Å². The second kappa shape index (κ2) is 7.94. The Morgan fingerprint density at radius 2 is 0.931 bits per heavy atom. The van der Waals surface area contributed by atoms with Crippen molar-refractivity contribution in [3.63, 3.8) is 0 Å². The second-order valence-electron chi connectivity index (χ2n) is 7.33. The summed E-state index contributed by atoms with van der Waals surface area (Å²) < 4.78 is 6.79. The summed E-state index contributed by atoms with van der Waals surface area (Å²) in [6.07, 6.45) is -0.224. The molecule has 0 N–H and O–H groups in total. The van der Waals surface area contributed by atoms with Gasteiger partial charge in [0.2, 0.25) is 0 Å². The Kier molecular flexibility index (Phi) is 4.85. The van der Waals surface area contributed by atoms with E-state index in [0.29, 0.717) is 0 Å². The molecule has 5 rings (SSSR count). The number of hydrogen-bond donors (Lipinski definition) is 0.